The number of urea groups is 1. The highest BCUT2D eigenvalue weighted by atomic mass is 16.2. The number of carbonyl (C=O) groups is 2. The molecule has 0 bridgehead atoms. The van der Waals surface area contributed by atoms with Gasteiger partial charge in [0.15, 0.2) is 5.78 Å². The molecule has 2 atom stereocenters. The van der Waals surface area contributed by atoms with Gasteiger partial charge in [0, 0.05) is 36.3 Å². The van der Waals surface area contributed by atoms with Crippen LogP contribution in [0.25, 0.3) is 0 Å². The fourth-order valence-corrected chi connectivity index (χ4v) is 3.61. The fraction of sp³-hybridized carbons (Fsp3) is 0.364. The Balaban J connectivity index is 1.71. The summed E-state index contributed by atoms with van der Waals surface area (Å²) in [5.74, 6) is 0.300. The molecule has 1 saturated heterocycles. The third-order valence-corrected chi connectivity index (χ3v) is 5.29. The summed E-state index contributed by atoms with van der Waals surface area (Å²) in [5.41, 5.74) is 3.84. The molecule has 1 fully saturated rings. The molecule has 5 heteroatoms. The second-order valence-electron chi connectivity index (χ2n) is 7.52. The highest BCUT2D eigenvalue weighted by Gasteiger charge is 2.37. The third-order valence-electron chi connectivity index (χ3n) is 5.29. The van der Waals surface area contributed by atoms with Crippen LogP contribution in [0.1, 0.15) is 34.3 Å². The van der Waals surface area contributed by atoms with Gasteiger partial charge in [0.25, 0.3) is 0 Å². The maximum absolute atomic E-state index is 12.8. The van der Waals surface area contributed by atoms with E-state index in [0.717, 1.165) is 0 Å². The van der Waals surface area contributed by atoms with Gasteiger partial charge in [-0.1, -0.05) is 29.8 Å². The molecule has 2 aromatic rings. The first kappa shape index (κ1) is 19.1. The largest absolute Gasteiger partial charge is 0.322 e. The van der Waals surface area contributed by atoms with Crippen molar-refractivity contribution in [2.75, 3.05) is 32.5 Å². The van der Waals surface area contributed by atoms with E-state index in [9.17, 15) is 9.59 Å². The Bertz CT molecular complexity index is 812. The van der Waals surface area contributed by atoms with E-state index in [2.05, 4.69) is 55.5 Å². The number of Topliss-reactive ketones (excluding diaryl/α,β-unsaturated/α-hetero) is 1. The lowest BCUT2D eigenvalue weighted by Gasteiger charge is -2.25. The Kier molecular flexibility index (Phi) is 5.61. The highest BCUT2D eigenvalue weighted by Crippen LogP contribution is 2.31. The van der Waals surface area contributed by atoms with Crippen molar-refractivity contribution in [2.24, 2.45) is 0 Å². The van der Waals surface area contributed by atoms with Crippen molar-refractivity contribution in [3.8, 4) is 0 Å². The molecule has 1 aliphatic heterocycles. The second-order valence-corrected chi connectivity index (χ2v) is 7.52. The number of rotatable bonds is 4. The first-order chi connectivity index (χ1) is 12.8. The molecule has 0 spiro atoms. The Morgan fingerprint density at radius 1 is 1.00 bits per heavy atom. The number of hydrogen-bond donors (Lipinski definition) is 1. The van der Waals surface area contributed by atoms with Crippen molar-refractivity contribution >= 4 is 17.5 Å². The number of nitrogens with zero attached hydrogens (tertiary/aromatic N) is 2. The van der Waals surface area contributed by atoms with Crippen LogP contribution in [-0.4, -0.2) is 54.8 Å². The summed E-state index contributed by atoms with van der Waals surface area (Å²) in [5, 5.41) is 2.95. The number of benzene rings is 2. The van der Waals surface area contributed by atoms with Crippen LogP contribution < -0.4 is 5.32 Å². The zero-order chi connectivity index (χ0) is 19.6. The summed E-state index contributed by atoms with van der Waals surface area (Å²) >= 11 is 0. The fourth-order valence-electron chi connectivity index (χ4n) is 3.61. The SMILES string of the molecule is CC(=O)c1ccc(NC(=O)N2C[C@@H](N(C)C)[C@H](c3ccc(C)cc3)C2)cc1. The summed E-state index contributed by atoms with van der Waals surface area (Å²) in [4.78, 5) is 28.2. The van der Waals surface area contributed by atoms with Crippen molar-refractivity contribution in [2.45, 2.75) is 25.8 Å². The predicted molar refractivity (Wildman–Crippen MR) is 108 cm³/mol. The van der Waals surface area contributed by atoms with Gasteiger partial charge < -0.3 is 15.1 Å². The van der Waals surface area contributed by atoms with Crippen LogP contribution in [0.15, 0.2) is 48.5 Å². The van der Waals surface area contributed by atoms with Crippen LogP contribution >= 0.6 is 0 Å². The van der Waals surface area contributed by atoms with Gasteiger partial charge in [-0.2, -0.15) is 0 Å². The molecular weight excluding hydrogens is 338 g/mol. The highest BCUT2D eigenvalue weighted by molar-refractivity contribution is 5.95. The average Bonchev–Trinajstić information content (AvgIpc) is 3.08. The monoisotopic (exact) mass is 365 g/mol. The molecule has 1 heterocycles. The predicted octanol–water partition coefficient (Wildman–Crippen LogP) is 3.76. The van der Waals surface area contributed by atoms with E-state index in [-0.39, 0.29) is 23.8 Å². The number of aryl methyl sites for hydroxylation is 1. The summed E-state index contributed by atoms with van der Waals surface area (Å²) in [6.45, 7) is 4.98. The van der Waals surface area contributed by atoms with Gasteiger partial charge in [-0.15, -0.1) is 0 Å². The second kappa shape index (κ2) is 7.92. The Labute approximate surface area is 161 Å². The van der Waals surface area contributed by atoms with E-state index in [0.29, 0.717) is 24.3 Å². The first-order valence-electron chi connectivity index (χ1n) is 9.25. The van der Waals surface area contributed by atoms with Crippen molar-refractivity contribution in [3.05, 3.63) is 65.2 Å². The molecule has 5 nitrogen and oxygen atoms in total. The van der Waals surface area contributed by atoms with Crippen LogP contribution in [0.4, 0.5) is 10.5 Å². The zero-order valence-corrected chi connectivity index (χ0v) is 16.4. The molecule has 0 unspecified atom stereocenters. The van der Waals surface area contributed by atoms with E-state index >= 15 is 0 Å². The lowest BCUT2D eigenvalue weighted by Crippen LogP contribution is -2.37. The Hall–Kier alpha value is -2.66. The quantitative estimate of drug-likeness (QED) is 0.840. The van der Waals surface area contributed by atoms with Gasteiger partial charge in [0.05, 0.1) is 0 Å². The van der Waals surface area contributed by atoms with Crippen molar-refractivity contribution in [1.82, 2.24) is 9.80 Å². The van der Waals surface area contributed by atoms with Crippen LogP contribution in [0, 0.1) is 6.92 Å². The first-order valence-corrected chi connectivity index (χ1v) is 9.25. The van der Waals surface area contributed by atoms with Crippen molar-refractivity contribution in [3.63, 3.8) is 0 Å². The summed E-state index contributed by atoms with van der Waals surface area (Å²) in [6, 6.07) is 15.8. The van der Waals surface area contributed by atoms with E-state index in [1.807, 2.05) is 4.90 Å². The summed E-state index contributed by atoms with van der Waals surface area (Å²) in [7, 11) is 4.13. The number of hydrogen-bond acceptors (Lipinski definition) is 3. The normalized spacial score (nSPS) is 19.4. The van der Waals surface area contributed by atoms with Gasteiger partial charge >= 0.3 is 6.03 Å². The summed E-state index contributed by atoms with van der Waals surface area (Å²) in [6.07, 6.45) is 0. The van der Waals surface area contributed by atoms with Gasteiger partial charge in [-0.25, -0.2) is 4.79 Å². The van der Waals surface area contributed by atoms with Gasteiger partial charge in [0.1, 0.15) is 0 Å². The molecule has 2 aromatic carbocycles. The molecule has 27 heavy (non-hydrogen) atoms. The van der Waals surface area contributed by atoms with E-state index in [4.69, 9.17) is 0 Å². The molecule has 142 valence electrons. The molecule has 1 aliphatic rings. The Morgan fingerprint density at radius 2 is 1.63 bits per heavy atom. The van der Waals surface area contributed by atoms with Gasteiger partial charge in [-0.3, -0.25) is 4.79 Å². The number of likely N-dealkylation sites (tertiary alicyclic amines) is 1. The number of likely N-dealkylation sites (N-methyl/N-ethyl adjacent to an activating group) is 1. The maximum atomic E-state index is 12.8. The standard InChI is InChI=1S/C22H27N3O2/c1-15-5-7-18(8-6-15)20-13-25(14-21(20)24(3)4)22(27)23-19-11-9-17(10-12-19)16(2)26/h5-12,20-21H,13-14H2,1-4H3,(H,23,27)/t20-,21+/m0/s1. The molecule has 3 rings (SSSR count). The van der Waals surface area contributed by atoms with E-state index < -0.39 is 0 Å². The van der Waals surface area contributed by atoms with Crippen molar-refractivity contribution < 1.29 is 9.59 Å². The number of ketones is 1. The van der Waals surface area contributed by atoms with Crippen LogP contribution in [0.2, 0.25) is 0 Å². The molecule has 0 saturated carbocycles. The maximum Gasteiger partial charge on any atom is 0.321 e. The van der Waals surface area contributed by atoms with E-state index in [1.54, 1.807) is 24.3 Å². The minimum atomic E-state index is -0.105. The number of carbonyl (C=O) groups excluding carboxylic acids is 2. The average molecular weight is 365 g/mol. The molecule has 1 N–H and O–H groups in total. The van der Waals surface area contributed by atoms with Crippen LogP contribution in [0.3, 0.4) is 0 Å². The van der Waals surface area contributed by atoms with Gasteiger partial charge in [0.2, 0.25) is 0 Å². The van der Waals surface area contributed by atoms with Crippen LogP contribution in [0.5, 0.6) is 0 Å². The van der Waals surface area contributed by atoms with Crippen LogP contribution in [-0.2, 0) is 0 Å². The number of anilines is 1. The molecular formula is C22H27N3O2. The van der Waals surface area contributed by atoms with Gasteiger partial charge in [-0.05, 0) is 57.8 Å². The lowest BCUT2D eigenvalue weighted by molar-refractivity contribution is 0.101. The zero-order valence-electron chi connectivity index (χ0n) is 16.4. The molecule has 0 aliphatic carbocycles. The third kappa shape index (κ3) is 4.37. The smallest absolute Gasteiger partial charge is 0.321 e. The topological polar surface area (TPSA) is 52.7 Å². The molecule has 0 radical (unpaired) electrons. The summed E-state index contributed by atoms with van der Waals surface area (Å²) < 4.78 is 0. The lowest BCUT2D eigenvalue weighted by atomic mass is 9.93. The molecule has 0 aromatic heterocycles. The minimum absolute atomic E-state index is 0.0159. The minimum Gasteiger partial charge on any atom is -0.322 e. The number of amides is 2. The van der Waals surface area contributed by atoms with Crippen molar-refractivity contribution in [1.29, 1.82) is 0 Å². The van der Waals surface area contributed by atoms with E-state index in [1.165, 1.54) is 18.1 Å². The number of nitrogens with one attached hydrogen (secondary N) is 1. The molecule has 2 amide bonds. The Morgan fingerprint density at radius 3 is 2.19 bits per heavy atom.